The summed E-state index contributed by atoms with van der Waals surface area (Å²) in [5.74, 6) is -2.22. The largest absolute Gasteiger partial charge is 0.465 e. The van der Waals surface area contributed by atoms with Gasteiger partial charge in [-0.3, -0.25) is 4.90 Å². The van der Waals surface area contributed by atoms with Crippen LogP contribution in [0.1, 0.15) is 83.1 Å². The minimum atomic E-state index is -1.11. The minimum absolute atomic E-state index is 0.0406. The van der Waals surface area contributed by atoms with E-state index in [1.54, 1.807) is 32.6 Å². The molecular formula is C30H36F2N2O6. The van der Waals surface area contributed by atoms with Gasteiger partial charge in [-0.25, -0.2) is 18.4 Å². The van der Waals surface area contributed by atoms with Gasteiger partial charge in [-0.1, -0.05) is 31.2 Å². The summed E-state index contributed by atoms with van der Waals surface area (Å²) in [6, 6.07) is 10.2. The maximum atomic E-state index is 13.7. The molecule has 40 heavy (non-hydrogen) atoms. The molecule has 216 valence electrons. The Bertz CT molecular complexity index is 1300. The molecule has 0 radical (unpaired) electrons. The van der Waals surface area contributed by atoms with E-state index in [0.717, 1.165) is 0 Å². The number of carbonyl (C=O) groups is 2. The summed E-state index contributed by atoms with van der Waals surface area (Å²) in [5, 5.41) is 21.5. The Morgan fingerprint density at radius 2 is 1.52 bits per heavy atom. The summed E-state index contributed by atoms with van der Waals surface area (Å²) in [5.41, 5.74) is 1.20. The second kappa shape index (κ2) is 13.2. The molecule has 0 saturated carbocycles. The Balaban J connectivity index is 2.10. The molecule has 0 amide bonds. The fourth-order valence-corrected chi connectivity index (χ4v) is 4.55. The summed E-state index contributed by atoms with van der Waals surface area (Å²) in [7, 11) is 1.23. The van der Waals surface area contributed by atoms with Gasteiger partial charge < -0.3 is 24.7 Å². The van der Waals surface area contributed by atoms with E-state index in [-0.39, 0.29) is 24.3 Å². The van der Waals surface area contributed by atoms with Crippen LogP contribution in [-0.2, 0) is 22.4 Å². The van der Waals surface area contributed by atoms with Crippen LogP contribution >= 0.6 is 0 Å². The molecule has 3 rings (SSSR count). The molecule has 2 aromatic carbocycles. The molecule has 3 N–H and O–H groups in total. The predicted molar refractivity (Wildman–Crippen MR) is 145 cm³/mol. The van der Waals surface area contributed by atoms with Gasteiger partial charge in [-0.15, -0.1) is 0 Å². The molecular weight excluding hydrogens is 522 g/mol. The number of aromatic nitrogens is 1. The SMILES string of the molecule is CCc1c(C(=O)OC(C)(C)C)[nH]c(CN(C[C@H](O)c2ccc(F)cc2)C(CO)c2ccc(F)cc2)c1C(=O)OC. The molecule has 0 aliphatic rings. The van der Waals surface area contributed by atoms with Gasteiger partial charge in [0.25, 0.3) is 0 Å². The van der Waals surface area contributed by atoms with Crippen molar-refractivity contribution >= 4 is 11.9 Å². The summed E-state index contributed by atoms with van der Waals surface area (Å²) in [4.78, 5) is 30.8. The van der Waals surface area contributed by atoms with Crippen molar-refractivity contribution in [3.8, 4) is 0 Å². The lowest BCUT2D eigenvalue weighted by atomic mass is 10.0. The lowest BCUT2D eigenvalue weighted by molar-refractivity contribution is 0.00614. The van der Waals surface area contributed by atoms with Crippen molar-refractivity contribution in [2.24, 2.45) is 0 Å². The summed E-state index contributed by atoms with van der Waals surface area (Å²) in [6.07, 6.45) is -0.794. The maximum Gasteiger partial charge on any atom is 0.355 e. The predicted octanol–water partition coefficient (Wildman–Crippen LogP) is 4.87. The van der Waals surface area contributed by atoms with Crippen LogP contribution < -0.4 is 0 Å². The first-order valence-corrected chi connectivity index (χ1v) is 13.0. The van der Waals surface area contributed by atoms with Gasteiger partial charge >= 0.3 is 11.9 Å². The quantitative estimate of drug-likeness (QED) is 0.288. The third kappa shape index (κ3) is 7.53. The van der Waals surface area contributed by atoms with E-state index in [1.807, 2.05) is 0 Å². The molecule has 1 heterocycles. The van der Waals surface area contributed by atoms with Crippen LogP contribution in [0.3, 0.4) is 0 Å². The highest BCUT2D eigenvalue weighted by Crippen LogP contribution is 2.30. The Hall–Kier alpha value is -3.60. The van der Waals surface area contributed by atoms with Gasteiger partial charge in [-0.2, -0.15) is 0 Å². The number of aromatic amines is 1. The van der Waals surface area contributed by atoms with Crippen molar-refractivity contribution in [1.82, 2.24) is 9.88 Å². The van der Waals surface area contributed by atoms with Crippen molar-refractivity contribution < 1.29 is 38.1 Å². The first-order valence-electron chi connectivity index (χ1n) is 13.0. The number of hydrogen-bond donors (Lipinski definition) is 3. The van der Waals surface area contributed by atoms with Crippen LogP contribution in [0.5, 0.6) is 0 Å². The molecule has 10 heteroatoms. The first kappa shape index (κ1) is 30.9. The Labute approximate surface area is 232 Å². The number of aliphatic hydroxyl groups excluding tert-OH is 2. The fourth-order valence-electron chi connectivity index (χ4n) is 4.55. The van der Waals surface area contributed by atoms with Gasteiger partial charge in [0, 0.05) is 18.8 Å². The van der Waals surface area contributed by atoms with Crippen molar-refractivity contribution in [3.63, 3.8) is 0 Å². The lowest BCUT2D eigenvalue weighted by Crippen LogP contribution is -2.35. The van der Waals surface area contributed by atoms with E-state index in [2.05, 4.69) is 4.98 Å². The zero-order valence-corrected chi connectivity index (χ0v) is 23.3. The maximum absolute atomic E-state index is 13.7. The molecule has 0 spiro atoms. The summed E-state index contributed by atoms with van der Waals surface area (Å²) < 4.78 is 37.8. The van der Waals surface area contributed by atoms with Crippen LogP contribution in [0.25, 0.3) is 0 Å². The van der Waals surface area contributed by atoms with Gasteiger partial charge in [-0.05, 0) is 68.1 Å². The van der Waals surface area contributed by atoms with Crippen molar-refractivity contribution in [1.29, 1.82) is 0 Å². The second-order valence-electron chi connectivity index (χ2n) is 10.4. The van der Waals surface area contributed by atoms with Gasteiger partial charge in [0.15, 0.2) is 0 Å². The number of hydrogen-bond acceptors (Lipinski definition) is 7. The van der Waals surface area contributed by atoms with Crippen molar-refractivity contribution in [2.75, 3.05) is 20.3 Å². The number of methoxy groups -OCH3 is 1. The van der Waals surface area contributed by atoms with Gasteiger partial charge in [0.1, 0.15) is 22.9 Å². The number of H-pyrrole nitrogens is 1. The van der Waals surface area contributed by atoms with Gasteiger partial charge in [0.2, 0.25) is 0 Å². The number of nitrogens with one attached hydrogen (secondary N) is 1. The highest BCUT2D eigenvalue weighted by molar-refractivity contribution is 5.98. The zero-order chi connectivity index (χ0) is 29.6. The van der Waals surface area contributed by atoms with Crippen LogP contribution in [-0.4, -0.2) is 57.9 Å². The summed E-state index contributed by atoms with van der Waals surface area (Å²) >= 11 is 0. The molecule has 0 saturated heterocycles. The monoisotopic (exact) mass is 558 g/mol. The molecule has 0 bridgehead atoms. The van der Waals surface area contributed by atoms with E-state index in [1.165, 1.54) is 55.6 Å². The van der Waals surface area contributed by atoms with Crippen LogP contribution in [0.15, 0.2) is 48.5 Å². The topological polar surface area (TPSA) is 112 Å². The standard InChI is InChI=1S/C30H36F2N2O6/c1-6-22-26(28(37)39-5)23(33-27(22)29(38)40-30(2,3)4)15-34(16-25(36)19-9-13-21(32)14-10-19)24(17-35)18-7-11-20(31)12-8-18/h7-14,24-25,33,35-36H,6,15-17H2,1-5H3/t24?,25-/m0/s1. The third-order valence-corrected chi connectivity index (χ3v) is 6.42. The van der Waals surface area contributed by atoms with Crippen LogP contribution in [0, 0.1) is 11.6 Å². The highest BCUT2D eigenvalue weighted by Gasteiger charge is 2.32. The summed E-state index contributed by atoms with van der Waals surface area (Å²) in [6.45, 7) is 6.48. The van der Waals surface area contributed by atoms with Crippen molar-refractivity contribution in [3.05, 3.63) is 93.8 Å². The van der Waals surface area contributed by atoms with E-state index in [9.17, 15) is 28.6 Å². The molecule has 0 fully saturated rings. The number of carbonyl (C=O) groups excluding carboxylic acids is 2. The van der Waals surface area contributed by atoms with E-state index in [0.29, 0.717) is 28.8 Å². The van der Waals surface area contributed by atoms with Crippen molar-refractivity contribution in [2.45, 2.75) is 58.4 Å². The fraction of sp³-hybridized carbons (Fsp3) is 0.400. The number of halogens is 2. The normalized spacial score (nSPS) is 13.2. The molecule has 1 unspecified atom stereocenters. The number of rotatable bonds is 11. The first-order chi connectivity index (χ1) is 18.9. The molecule has 0 aliphatic heterocycles. The Morgan fingerprint density at radius 1 is 0.975 bits per heavy atom. The molecule has 0 aliphatic carbocycles. The van der Waals surface area contributed by atoms with E-state index >= 15 is 0 Å². The van der Waals surface area contributed by atoms with Crippen LogP contribution in [0.4, 0.5) is 8.78 Å². The number of benzene rings is 2. The Morgan fingerprint density at radius 3 is 2.00 bits per heavy atom. The second-order valence-corrected chi connectivity index (χ2v) is 10.4. The number of esters is 2. The minimum Gasteiger partial charge on any atom is -0.465 e. The molecule has 3 aromatic rings. The lowest BCUT2D eigenvalue weighted by Gasteiger charge is -2.32. The van der Waals surface area contributed by atoms with Crippen LogP contribution in [0.2, 0.25) is 0 Å². The average Bonchev–Trinajstić information content (AvgIpc) is 3.27. The van der Waals surface area contributed by atoms with E-state index < -0.39 is 47.9 Å². The Kier molecular flexibility index (Phi) is 10.2. The average molecular weight is 559 g/mol. The number of aliphatic hydroxyl groups is 2. The zero-order valence-electron chi connectivity index (χ0n) is 23.3. The van der Waals surface area contributed by atoms with Gasteiger partial charge in [0.05, 0.1) is 31.4 Å². The van der Waals surface area contributed by atoms with E-state index in [4.69, 9.17) is 9.47 Å². The molecule has 1 aromatic heterocycles. The highest BCUT2D eigenvalue weighted by atomic mass is 19.1. The number of nitrogens with zero attached hydrogens (tertiary/aromatic N) is 1. The smallest absolute Gasteiger partial charge is 0.355 e. The third-order valence-electron chi connectivity index (χ3n) is 6.42. The molecule has 8 nitrogen and oxygen atoms in total. The number of ether oxygens (including phenoxy) is 2. The molecule has 2 atom stereocenters.